The third-order valence-corrected chi connectivity index (χ3v) is 2.61. The second kappa shape index (κ2) is 4.29. The Morgan fingerprint density at radius 3 is 2.76 bits per heavy atom. The van der Waals surface area contributed by atoms with Crippen LogP contribution in [0.4, 0.5) is 11.4 Å². The maximum atomic E-state index is 11.8. The molecule has 0 saturated carbocycles. The quantitative estimate of drug-likeness (QED) is 0.688. The molecule has 88 valence electrons. The molecule has 0 unspecified atom stereocenters. The number of H-pyrrole nitrogens is 1. The van der Waals surface area contributed by atoms with Crippen molar-refractivity contribution in [1.29, 1.82) is 0 Å². The third kappa shape index (κ3) is 2.28. The summed E-state index contributed by atoms with van der Waals surface area (Å²) in [6, 6.07) is 5.32. The van der Waals surface area contributed by atoms with Gasteiger partial charge in [-0.15, -0.1) is 0 Å². The van der Waals surface area contributed by atoms with Gasteiger partial charge in [0.25, 0.3) is 5.91 Å². The number of amides is 1. The van der Waals surface area contributed by atoms with Crippen molar-refractivity contribution in [2.24, 2.45) is 0 Å². The summed E-state index contributed by atoms with van der Waals surface area (Å²) in [6.45, 7) is 3.86. The van der Waals surface area contributed by atoms with Crippen molar-refractivity contribution in [2.75, 3.05) is 11.1 Å². The van der Waals surface area contributed by atoms with E-state index < -0.39 is 0 Å². The van der Waals surface area contributed by atoms with Crippen LogP contribution in [-0.2, 0) is 0 Å². The second-order valence-electron chi connectivity index (χ2n) is 3.95. The Morgan fingerprint density at radius 2 is 2.12 bits per heavy atom. The van der Waals surface area contributed by atoms with Gasteiger partial charge >= 0.3 is 0 Å². The highest BCUT2D eigenvalue weighted by Gasteiger charge is 2.09. The first-order chi connectivity index (χ1) is 8.08. The van der Waals surface area contributed by atoms with Crippen LogP contribution < -0.4 is 11.1 Å². The summed E-state index contributed by atoms with van der Waals surface area (Å²) in [5.41, 5.74) is 9.59. The summed E-state index contributed by atoms with van der Waals surface area (Å²) in [5.74, 6) is -0.228. The maximum absolute atomic E-state index is 11.8. The van der Waals surface area contributed by atoms with Crippen molar-refractivity contribution in [3.05, 3.63) is 41.2 Å². The number of carbonyl (C=O) groups is 1. The molecule has 0 bridgehead atoms. The van der Waals surface area contributed by atoms with Gasteiger partial charge in [0.15, 0.2) is 0 Å². The highest BCUT2D eigenvalue weighted by atomic mass is 16.1. The summed E-state index contributed by atoms with van der Waals surface area (Å²) in [6.07, 6.45) is 1.53. The Morgan fingerprint density at radius 1 is 1.35 bits per heavy atom. The molecule has 0 aliphatic heterocycles. The molecular weight excluding hydrogens is 216 g/mol. The molecule has 1 amide bonds. The highest BCUT2D eigenvalue weighted by Crippen LogP contribution is 2.22. The molecule has 0 spiro atoms. The van der Waals surface area contributed by atoms with E-state index in [4.69, 9.17) is 5.73 Å². The summed E-state index contributed by atoms with van der Waals surface area (Å²) < 4.78 is 0. The molecule has 0 aliphatic rings. The number of nitrogen functional groups attached to an aromatic ring is 1. The van der Waals surface area contributed by atoms with Gasteiger partial charge in [0.1, 0.15) is 5.69 Å². The Balaban J connectivity index is 2.25. The molecule has 2 aromatic rings. The van der Waals surface area contributed by atoms with Gasteiger partial charge in [-0.3, -0.25) is 9.89 Å². The van der Waals surface area contributed by atoms with Crippen molar-refractivity contribution in [2.45, 2.75) is 13.8 Å². The van der Waals surface area contributed by atoms with Crippen LogP contribution in [0.2, 0.25) is 0 Å². The van der Waals surface area contributed by atoms with Gasteiger partial charge in [0.05, 0.1) is 0 Å². The molecule has 1 aromatic carbocycles. The van der Waals surface area contributed by atoms with Crippen molar-refractivity contribution < 1.29 is 4.79 Å². The Bertz CT molecular complexity index is 546. The van der Waals surface area contributed by atoms with Gasteiger partial charge in [0.2, 0.25) is 0 Å². The lowest BCUT2D eigenvalue weighted by molar-refractivity contribution is 0.102. The second-order valence-corrected chi connectivity index (χ2v) is 3.95. The van der Waals surface area contributed by atoms with Crippen molar-refractivity contribution in [3.63, 3.8) is 0 Å². The summed E-state index contributed by atoms with van der Waals surface area (Å²) in [7, 11) is 0. The lowest BCUT2D eigenvalue weighted by Gasteiger charge is -2.10. The van der Waals surface area contributed by atoms with E-state index >= 15 is 0 Å². The smallest absolute Gasteiger partial charge is 0.273 e. The predicted octanol–water partition coefficient (Wildman–Crippen LogP) is 1.86. The molecule has 0 fully saturated rings. The minimum Gasteiger partial charge on any atom is -0.398 e. The first kappa shape index (κ1) is 11.2. The molecule has 17 heavy (non-hydrogen) atoms. The molecular formula is C12H14N4O. The topological polar surface area (TPSA) is 83.8 Å². The Kier molecular flexibility index (Phi) is 2.82. The molecule has 0 radical (unpaired) electrons. The van der Waals surface area contributed by atoms with Crippen molar-refractivity contribution in [1.82, 2.24) is 10.2 Å². The predicted molar refractivity (Wildman–Crippen MR) is 66.9 cm³/mol. The maximum Gasteiger partial charge on any atom is 0.273 e. The number of rotatable bonds is 2. The largest absolute Gasteiger partial charge is 0.398 e. The number of aromatic nitrogens is 2. The minimum atomic E-state index is -0.228. The Hall–Kier alpha value is -2.30. The number of anilines is 2. The summed E-state index contributed by atoms with van der Waals surface area (Å²) in [4.78, 5) is 11.8. The van der Waals surface area contributed by atoms with Crippen LogP contribution in [0.15, 0.2) is 24.4 Å². The average molecular weight is 230 g/mol. The fourth-order valence-corrected chi connectivity index (χ4v) is 1.58. The van der Waals surface area contributed by atoms with Crippen LogP contribution in [-0.4, -0.2) is 16.1 Å². The first-order valence-corrected chi connectivity index (χ1v) is 5.25. The van der Waals surface area contributed by atoms with Crippen molar-refractivity contribution >= 4 is 17.3 Å². The Labute approximate surface area is 99.0 Å². The lowest BCUT2D eigenvalue weighted by Crippen LogP contribution is -2.13. The zero-order valence-corrected chi connectivity index (χ0v) is 9.74. The number of aromatic amines is 1. The molecule has 0 atom stereocenters. The minimum absolute atomic E-state index is 0.228. The van der Waals surface area contributed by atoms with Gasteiger partial charge in [-0.1, -0.05) is 6.07 Å². The van der Waals surface area contributed by atoms with Gasteiger partial charge in [-0.2, -0.15) is 5.10 Å². The van der Waals surface area contributed by atoms with E-state index in [0.717, 1.165) is 11.1 Å². The molecule has 5 nitrogen and oxygen atoms in total. The monoisotopic (exact) mass is 230 g/mol. The third-order valence-electron chi connectivity index (χ3n) is 2.61. The standard InChI is InChI=1S/C12H14N4O/c1-7-5-8(2)11(6-9(7)13)15-12(17)10-3-4-14-16-10/h3-6H,13H2,1-2H3,(H,14,16)(H,15,17). The van der Waals surface area contributed by atoms with Crippen LogP contribution in [0.5, 0.6) is 0 Å². The summed E-state index contributed by atoms with van der Waals surface area (Å²) in [5, 5.41) is 9.13. The van der Waals surface area contributed by atoms with Crippen LogP contribution in [0.25, 0.3) is 0 Å². The molecule has 4 N–H and O–H groups in total. The van der Waals surface area contributed by atoms with Gasteiger partial charge < -0.3 is 11.1 Å². The fourth-order valence-electron chi connectivity index (χ4n) is 1.58. The fraction of sp³-hybridized carbons (Fsp3) is 0.167. The van der Waals surface area contributed by atoms with E-state index in [1.165, 1.54) is 6.20 Å². The van der Waals surface area contributed by atoms with E-state index in [0.29, 0.717) is 17.1 Å². The van der Waals surface area contributed by atoms with Gasteiger partial charge in [0, 0.05) is 17.6 Å². The van der Waals surface area contributed by atoms with E-state index in [9.17, 15) is 4.79 Å². The number of hydrogen-bond donors (Lipinski definition) is 3. The molecule has 0 saturated heterocycles. The number of nitrogens with zero attached hydrogens (tertiary/aromatic N) is 1. The van der Waals surface area contributed by atoms with Crippen LogP contribution in [0, 0.1) is 13.8 Å². The molecule has 1 aromatic heterocycles. The number of carbonyl (C=O) groups excluding carboxylic acids is 1. The van der Waals surface area contributed by atoms with E-state index in [1.54, 1.807) is 12.1 Å². The zero-order chi connectivity index (χ0) is 12.4. The van der Waals surface area contributed by atoms with E-state index in [-0.39, 0.29) is 5.91 Å². The SMILES string of the molecule is Cc1cc(C)c(NC(=O)c2ccn[nH]2)cc1N. The van der Waals surface area contributed by atoms with E-state index in [2.05, 4.69) is 15.5 Å². The lowest BCUT2D eigenvalue weighted by atomic mass is 10.1. The van der Waals surface area contributed by atoms with Crippen LogP contribution >= 0.6 is 0 Å². The number of nitrogens with one attached hydrogen (secondary N) is 2. The molecule has 5 heteroatoms. The van der Waals surface area contributed by atoms with Crippen LogP contribution in [0.3, 0.4) is 0 Å². The van der Waals surface area contributed by atoms with Crippen molar-refractivity contribution in [3.8, 4) is 0 Å². The van der Waals surface area contributed by atoms with Crippen LogP contribution in [0.1, 0.15) is 21.6 Å². The van der Waals surface area contributed by atoms with E-state index in [1.807, 2.05) is 19.9 Å². The summed E-state index contributed by atoms with van der Waals surface area (Å²) >= 11 is 0. The number of benzene rings is 1. The van der Waals surface area contributed by atoms with Gasteiger partial charge in [-0.05, 0) is 37.1 Å². The molecule has 0 aliphatic carbocycles. The first-order valence-electron chi connectivity index (χ1n) is 5.25. The average Bonchev–Trinajstić information content (AvgIpc) is 2.79. The normalized spacial score (nSPS) is 10.2. The molecule has 1 heterocycles. The molecule has 2 rings (SSSR count). The zero-order valence-electron chi connectivity index (χ0n) is 9.74. The highest BCUT2D eigenvalue weighted by molar-refractivity contribution is 6.03. The number of aryl methyl sites for hydroxylation is 2. The number of hydrogen-bond acceptors (Lipinski definition) is 3. The number of nitrogens with two attached hydrogens (primary N) is 1. The van der Waals surface area contributed by atoms with Gasteiger partial charge in [-0.25, -0.2) is 0 Å².